The van der Waals surface area contributed by atoms with Crippen molar-refractivity contribution in [3.05, 3.63) is 33.1 Å². The first-order chi connectivity index (χ1) is 7.15. The number of aromatic nitrogens is 1. The van der Waals surface area contributed by atoms with Crippen molar-refractivity contribution in [1.29, 1.82) is 0 Å². The third kappa shape index (κ3) is 3.20. The number of aliphatic hydroxyl groups excluding tert-OH is 1. The summed E-state index contributed by atoms with van der Waals surface area (Å²) in [6, 6.07) is 1.25. The summed E-state index contributed by atoms with van der Waals surface area (Å²) in [6.07, 6.45) is 1.66. The van der Waals surface area contributed by atoms with E-state index in [2.05, 4.69) is 16.8 Å². The van der Waals surface area contributed by atoms with Gasteiger partial charge in [0.05, 0.1) is 11.5 Å². The predicted molar refractivity (Wildman–Crippen MR) is 54.5 cm³/mol. The van der Waals surface area contributed by atoms with Gasteiger partial charge in [-0.05, 0) is 0 Å². The molecule has 0 spiro atoms. The summed E-state index contributed by atoms with van der Waals surface area (Å²) in [4.78, 5) is 13.5. The highest BCUT2D eigenvalue weighted by Gasteiger charge is 2.13. The summed E-state index contributed by atoms with van der Waals surface area (Å²) in [5.74, 6) is 5.26. The lowest BCUT2D eigenvalue weighted by Crippen LogP contribution is -1.92. The van der Waals surface area contributed by atoms with Gasteiger partial charge in [-0.3, -0.25) is 10.1 Å². The zero-order chi connectivity index (χ0) is 11.3. The monoisotopic (exact) mass is 226 g/mol. The smallest absolute Gasteiger partial charge is 0.307 e. The van der Waals surface area contributed by atoms with Gasteiger partial charge >= 0.3 is 5.69 Å². The van der Waals surface area contributed by atoms with Crippen molar-refractivity contribution in [3.8, 4) is 11.8 Å². The molecule has 1 heterocycles. The second kappa shape index (κ2) is 5.29. The van der Waals surface area contributed by atoms with Gasteiger partial charge in [-0.2, -0.15) is 0 Å². The second-order valence-corrected chi connectivity index (χ2v) is 2.92. The third-order valence-electron chi connectivity index (χ3n) is 1.49. The SMILES string of the molecule is O=[N+]([O-])c1cc(C#CCCO)cnc1Cl. The maximum Gasteiger partial charge on any atom is 0.307 e. The highest BCUT2D eigenvalue weighted by molar-refractivity contribution is 6.31. The number of rotatable bonds is 2. The van der Waals surface area contributed by atoms with Crippen LogP contribution < -0.4 is 0 Å². The van der Waals surface area contributed by atoms with Crippen LogP contribution in [-0.4, -0.2) is 21.6 Å². The number of nitro groups is 1. The number of hydrogen-bond acceptors (Lipinski definition) is 4. The van der Waals surface area contributed by atoms with Crippen LogP contribution >= 0.6 is 11.6 Å². The summed E-state index contributed by atoms with van der Waals surface area (Å²) in [6.45, 7) is -0.0455. The fraction of sp³-hybridized carbons (Fsp3) is 0.222. The average molecular weight is 227 g/mol. The molecule has 0 radical (unpaired) electrons. The van der Waals surface area contributed by atoms with Crippen molar-refractivity contribution in [2.75, 3.05) is 6.61 Å². The van der Waals surface area contributed by atoms with Crippen molar-refractivity contribution in [2.24, 2.45) is 0 Å². The van der Waals surface area contributed by atoms with E-state index in [1.165, 1.54) is 12.3 Å². The van der Waals surface area contributed by atoms with E-state index in [9.17, 15) is 10.1 Å². The third-order valence-corrected chi connectivity index (χ3v) is 1.78. The molecular formula is C9H7ClN2O3. The number of halogens is 1. The maximum atomic E-state index is 10.5. The number of nitrogens with zero attached hydrogens (tertiary/aromatic N) is 2. The van der Waals surface area contributed by atoms with Crippen molar-refractivity contribution < 1.29 is 10.0 Å². The molecule has 0 aliphatic carbocycles. The first-order valence-electron chi connectivity index (χ1n) is 4.05. The van der Waals surface area contributed by atoms with Gasteiger partial charge in [0, 0.05) is 24.2 Å². The Morgan fingerprint density at radius 2 is 2.40 bits per heavy atom. The Kier molecular flexibility index (Phi) is 4.03. The molecular weight excluding hydrogens is 220 g/mol. The Labute approximate surface area is 90.9 Å². The molecule has 1 aromatic heterocycles. The predicted octanol–water partition coefficient (Wildman–Crippen LogP) is 1.38. The summed E-state index contributed by atoms with van der Waals surface area (Å²) >= 11 is 5.51. The fourth-order valence-electron chi connectivity index (χ4n) is 0.853. The van der Waals surface area contributed by atoms with Crippen LogP contribution in [0.15, 0.2) is 12.3 Å². The summed E-state index contributed by atoms with van der Waals surface area (Å²) in [5, 5.41) is 18.8. The molecule has 1 rings (SSSR count). The summed E-state index contributed by atoms with van der Waals surface area (Å²) in [5.41, 5.74) is 0.131. The molecule has 0 saturated heterocycles. The van der Waals surface area contributed by atoms with Crippen LogP contribution in [0.25, 0.3) is 0 Å². The van der Waals surface area contributed by atoms with Crippen LogP contribution in [0.3, 0.4) is 0 Å². The molecule has 0 fully saturated rings. The quantitative estimate of drug-likeness (QED) is 0.358. The zero-order valence-electron chi connectivity index (χ0n) is 7.61. The van der Waals surface area contributed by atoms with Crippen LogP contribution in [0.4, 0.5) is 5.69 Å². The zero-order valence-corrected chi connectivity index (χ0v) is 8.36. The van der Waals surface area contributed by atoms with Gasteiger partial charge in [-0.25, -0.2) is 4.98 Å². The molecule has 0 bridgehead atoms. The maximum absolute atomic E-state index is 10.5. The van der Waals surface area contributed by atoms with E-state index in [1.807, 2.05) is 0 Å². The summed E-state index contributed by atoms with van der Waals surface area (Å²) < 4.78 is 0. The van der Waals surface area contributed by atoms with E-state index in [-0.39, 0.29) is 17.4 Å². The highest BCUT2D eigenvalue weighted by Crippen LogP contribution is 2.21. The molecule has 1 aromatic rings. The number of hydrogen-bond donors (Lipinski definition) is 1. The van der Waals surface area contributed by atoms with Gasteiger partial charge < -0.3 is 5.11 Å². The van der Waals surface area contributed by atoms with Crippen LogP contribution in [-0.2, 0) is 0 Å². The minimum atomic E-state index is -0.618. The normalized spacial score (nSPS) is 9.20. The molecule has 0 aliphatic heterocycles. The lowest BCUT2D eigenvalue weighted by atomic mass is 10.2. The van der Waals surface area contributed by atoms with Gasteiger partial charge in [0.15, 0.2) is 0 Å². The lowest BCUT2D eigenvalue weighted by molar-refractivity contribution is -0.385. The van der Waals surface area contributed by atoms with Crippen molar-refractivity contribution in [2.45, 2.75) is 6.42 Å². The van der Waals surface area contributed by atoms with Crippen LogP contribution in [0.1, 0.15) is 12.0 Å². The molecule has 6 heteroatoms. The molecule has 15 heavy (non-hydrogen) atoms. The second-order valence-electron chi connectivity index (χ2n) is 2.57. The molecule has 78 valence electrons. The molecule has 1 N–H and O–H groups in total. The van der Waals surface area contributed by atoms with Crippen molar-refractivity contribution in [1.82, 2.24) is 4.98 Å². The van der Waals surface area contributed by atoms with E-state index >= 15 is 0 Å². The summed E-state index contributed by atoms with van der Waals surface area (Å²) in [7, 11) is 0. The standard InChI is InChI=1S/C9H7ClN2O3/c10-9-8(12(14)15)5-7(6-11-9)3-1-2-4-13/h5-6,13H,2,4H2. The molecule has 0 aromatic carbocycles. The van der Waals surface area contributed by atoms with Gasteiger partial charge in [0.2, 0.25) is 5.15 Å². The van der Waals surface area contributed by atoms with Crippen molar-refractivity contribution in [3.63, 3.8) is 0 Å². The molecule has 0 atom stereocenters. The van der Waals surface area contributed by atoms with E-state index in [1.54, 1.807) is 0 Å². The minimum absolute atomic E-state index is 0.0455. The molecule has 0 saturated carbocycles. The minimum Gasteiger partial charge on any atom is -0.395 e. The van der Waals surface area contributed by atoms with E-state index in [4.69, 9.17) is 16.7 Å². The van der Waals surface area contributed by atoms with Gasteiger partial charge in [-0.1, -0.05) is 23.4 Å². The molecule has 0 unspecified atom stereocenters. The Bertz CT molecular complexity index is 437. The van der Waals surface area contributed by atoms with Crippen LogP contribution in [0, 0.1) is 22.0 Å². The Balaban J connectivity index is 2.99. The highest BCUT2D eigenvalue weighted by atomic mass is 35.5. The van der Waals surface area contributed by atoms with E-state index < -0.39 is 4.92 Å². The molecule has 5 nitrogen and oxygen atoms in total. The first kappa shape index (κ1) is 11.4. The van der Waals surface area contributed by atoms with Gasteiger partial charge in [0.25, 0.3) is 0 Å². The van der Waals surface area contributed by atoms with Crippen LogP contribution in [0.2, 0.25) is 5.15 Å². The van der Waals surface area contributed by atoms with Crippen molar-refractivity contribution >= 4 is 17.3 Å². The first-order valence-corrected chi connectivity index (χ1v) is 4.42. The molecule has 0 amide bonds. The van der Waals surface area contributed by atoms with Crippen LogP contribution in [0.5, 0.6) is 0 Å². The lowest BCUT2D eigenvalue weighted by Gasteiger charge is -1.94. The molecule has 0 aliphatic rings. The fourth-order valence-corrected chi connectivity index (χ4v) is 1.03. The van der Waals surface area contributed by atoms with Gasteiger partial charge in [0.1, 0.15) is 0 Å². The van der Waals surface area contributed by atoms with Gasteiger partial charge in [-0.15, -0.1) is 0 Å². The Hall–Kier alpha value is -1.64. The Morgan fingerprint density at radius 1 is 1.67 bits per heavy atom. The average Bonchev–Trinajstić information content (AvgIpc) is 2.20. The topological polar surface area (TPSA) is 76.3 Å². The van der Waals surface area contributed by atoms with E-state index in [0.717, 1.165) is 0 Å². The number of pyridine rings is 1. The van der Waals surface area contributed by atoms with E-state index in [0.29, 0.717) is 12.0 Å². The largest absolute Gasteiger partial charge is 0.395 e. The number of aliphatic hydroxyl groups is 1. The Morgan fingerprint density at radius 3 is 3.00 bits per heavy atom.